The van der Waals surface area contributed by atoms with Crippen molar-refractivity contribution in [2.45, 2.75) is 59.0 Å². The van der Waals surface area contributed by atoms with E-state index in [2.05, 4.69) is 42.4 Å². The molecule has 0 unspecified atom stereocenters. The molecule has 3 heteroatoms. The second-order valence-corrected chi connectivity index (χ2v) is 7.42. The van der Waals surface area contributed by atoms with E-state index in [4.69, 9.17) is 0 Å². The van der Waals surface area contributed by atoms with Crippen LogP contribution in [0, 0.1) is 5.92 Å². The standard InChI is InChI=1S/C17H35N3/c1-15(2)5-8-18-9-6-17(7-10-18)20-13-11-19(12-14-20)16(3)4/h15-17H,5-14H2,1-4H3. The Labute approximate surface area is 126 Å². The van der Waals surface area contributed by atoms with Gasteiger partial charge in [-0.15, -0.1) is 0 Å². The Kier molecular flexibility index (Phi) is 6.31. The molecule has 0 bridgehead atoms. The van der Waals surface area contributed by atoms with Crippen LogP contribution in [0.3, 0.4) is 0 Å². The molecule has 118 valence electrons. The minimum atomic E-state index is 0.718. The molecule has 3 nitrogen and oxygen atoms in total. The van der Waals surface area contributed by atoms with Gasteiger partial charge in [-0.2, -0.15) is 0 Å². The van der Waals surface area contributed by atoms with E-state index >= 15 is 0 Å². The molecule has 20 heavy (non-hydrogen) atoms. The Balaban J connectivity index is 1.67. The van der Waals surface area contributed by atoms with E-state index in [9.17, 15) is 0 Å². The summed E-state index contributed by atoms with van der Waals surface area (Å²) in [7, 11) is 0. The maximum absolute atomic E-state index is 2.76. The predicted octanol–water partition coefficient (Wildman–Crippen LogP) is 2.52. The van der Waals surface area contributed by atoms with Gasteiger partial charge in [0.05, 0.1) is 0 Å². The first-order chi connectivity index (χ1) is 9.56. The third kappa shape index (κ3) is 4.71. The summed E-state index contributed by atoms with van der Waals surface area (Å²) in [5, 5.41) is 0. The fraction of sp³-hybridized carbons (Fsp3) is 1.00. The molecular weight excluding hydrogens is 246 g/mol. The van der Waals surface area contributed by atoms with Crippen molar-refractivity contribution in [1.29, 1.82) is 0 Å². The third-order valence-corrected chi connectivity index (χ3v) is 5.18. The molecule has 2 saturated heterocycles. The number of likely N-dealkylation sites (tertiary alicyclic amines) is 1. The van der Waals surface area contributed by atoms with Gasteiger partial charge in [0.15, 0.2) is 0 Å². The molecule has 0 atom stereocenters. The molecule has 0 aromatic carbocycles. The lowest BCUT2D eigenvalue weighted by atomic mass is 10.0. The maximum atomic E-state index is 2.76. The van der Waals surface area contributed by atoms with Crippen LogP contribution in [-0.2, 0) is 0 Å². The number of hydrogen-bond donors (Lipinski definition) is 0. The van der Waals surface area contributed by atoms with Crippen LogP contribution in [-0.4, -0.2) is 72.6 Å². The Morgan fingerprint density at radius 2 is 1.45 bits per heavy atom. The first-order valence-electron chi connectivity index (χ1n) is 8.76. The predicted molar refractivity (Wildman–Crippen MR) is 87.2 cm³/mol. The topological polar surface area (TPSA) is 9.72 Å². The SMILES string of the molecule is CC(C)CCN1CCC(N2CCN(C(C)C)CC2)CC1. The quantitative estimate of drug-likeness (QED) is 0.767. The molecule has 0 aromatic rings. The van der Waals surface area contributed by atoms with Gasteiger partial charge < -0.3 is 4.90 Å². The van der Waals surface area contributed by atoms with Crippen molar-refractivity contribution in [2.75, 3.05) is 45.8 Å². The summed E-state index contributed by atoms with van der Waals surface area (Å²) >= 11 is 0. The van der Waals surface area contributed by atoms with Gasteiger partial charge in [-0.25, -0.2) is 0 Å². The van der Waals surface area contributed by atoms with Gasteiger partial charge in [0.1, 0.15) is 0 Å². The zero-order chi connectivity index (χ0) is 14.5. The van der Waals surface area contributed by atoms with Crippen molar-refractivity contribution in [2.24, 2.45) is 5.92 Å². The number of piperidine rings is 1. The largest absolute Gasteiger partial charge is 0.303 e. The van der Waals surface area contributed by atoms with Crippen LogP contribution >= 0.6 is 0 Å². The highest BCUT2D eigenvalue weighted by atomic mass is 15.3. The van der Waals surface area contributed by atoms with Crippen LogP contribution in [0.4, 0.5) is 0 Å². The molecule has 0 aliphatic carbocycles. The maximum Gasteiger partial charge on any atom is 0.0121 e. The van der Waals surface area contributed by atoms with Crippen molar-refractivity contribution in [1.82, 2.24) is 14.7 Å². The monoisotopic (exact) mass is 281 g/mol. The molecular formula is C17H35N3. The summed E-state index contributed by atoms with van der Waals surface area (Å²) in [6, 6.07) is 1.58. The van der Waals surface area contributed by atoms with Gasteiger partial charge in [0.25, 0.3) is 0 Å². The zero-order valence-electron chi connectivity index (χ0n) is 14.1. The average molecular weight is 281 g/mol. The van der Waals surface area contributed by atoms with E-state index < -0.39 is 0 Å². The second-order valence-electron chi connectivity index (χ2n) is 7.42. The van der Waals surface area contributed by atoms with Crippen LogP contribution in [0.1, 0.15) is 47.0 Å². The van der Waals surface area contributed by atoms with Crippen LogP contribution in [0.15, 0.2) is 0 Å². The first-order valence-corrected chi connectivity index (χ1v) is 8.76. The molecule has 0 N–H and O–H groups in total. The molecule has 2 rings (SSSR count). The molecule has 0 spiro atoms. The Bertz CT molecular complexity index is 261. The van der Waals surface area contributed by atoms with Crippen molar-refractivity contribution in [3.8, 4) is 0 Å². The number of rotatable bonds is 5. The van der Waals surface area contributed by atoms with Gasteiger partial charge in [-0.3, -0.25) is 9.80 Å². The summed E-state index contributed by atoms with van der Waals surface area (Å²) < 4.78 is 0. The summed E-state index contributed by atoms with van der Waals surface area (Å²) in [4.78, 5) is 8.06. The van der Waals surface area contributed by atoms with Gasteiger partial charge in [-0.1, -0.05) is 13.8 Å². The van der Waals surface area contributed by atoms with E-state index in [-0.39, 0.29) is 0 Å². The number of piperazine rings is 1. The highest BCUT2D eigenvalue weighted by Gasteiger charge is 2.27. The Morgan fingerprint density at radius 3 is 1.95 bits per heavy atom. The molecule has 0 radical (unpaired) electrons. The van der Waals surface area contributed by atoms with Gasteiger partial charge in [-0.05, 0) is 58.7 Å². The van der Waals surface area contributed by atoms with Crippen LogP contribution < -0.4 is 0 Å². The van der Waals surface area contributed by atoms with Crippen LogP contribution in [0.2, 0.25) is 0 Å². The van der Waals surface area contributed by atoms with E-state index in [1.54, 1.807) is 0 Å². The number of hydrogen-bond acceptors (Lipinski definition) is 3. The molecule has 0 aromatic heterocycles. The van der Waals surface area contributed by atoms with E-state index in [0.717, 1.165) is 18.0 Å². The van der Waals surface area contributed by atoms with Gasteiger partial charge in [0.2, 0.25) is 0 Å². The highest BCUT2D eigenvalue weighted by molar-refractivity contribution is 4.84. The van der Waals surface area contributed by atoms with Crippen molar-refractivity contribution >= 4 is 0 Å². The molecule has 2 aliphatic rings. The van der Waals surface area contributed by atoms with E-state index in [1.165, 1.54) is 65.1 Å². The Morgan fingerprint density at radius 1 is 0.850 bits per heavy atom. The van der Waals surface area contributed by atoms with Crippen molar-refractivity contribution in [3.05, 3.63) is 0 Å². The normalized spacial score (nSPS) is 24.9. The van der Waals surface area contributed by atoms with Crippen LogP contribution in [0.5, 0.6) is 0 Å². The van der Waals surface area contributed by atoms with E-state index in [0.29, 0.717) is 0 Å². The van der Waals surface area contributed by atoms with Gasteiger partial charge >= 0.3 is 0 Å². The fourth-order valence-corrected chi connectivity index (χ4v) is 3.57. The lowest BCUT2D eigenvalue weighted by molar-refractivity contribution is 0.0478. The summed E-state index contributed by atoms with van der Waals surface area (Å²) in [5.41, 5.74) is 0. The average Bonchev–Trinajstić information content (AvgIpc) is 2.46. The molecule has 2 aliphatic heterocycles. The fourth-order valence-electron chi connectivity index (χ4n) is 3.57. The molecule has 0 saturated carbocycles. The number of nitrogens with zero attached hydrogens (tertiary/aromatic N) is 3. The second kappa shape index (κ2) is 7.77. The molecule has 2 fully saturated rings. The van der Waals surface area contributed by atoms with E-state index in [1.807, 2.05) is 0 Å². The minimum absolute atomic E-state index is 0.718. The first kappa shape index (κ1) is 16.3. The van der Waals surface area contributed by atoms with Crippen molar-refractivity contribution in [3.63, 3.8) is 0 Å². The lowest BCUT2D eigenvalue weighted by Gasteiger charge is -2.43. The summed E-state index contributed by atoms with van der Waals surface area (Å²) in [6.45, 7) is 18.4. The van der Waals surface area contributed by atoms with Crippen LogP contribution in [0.25, 0.3) is 0 Å². The summed E-state index contributed by atoms with van der Waals surface area (Å²) in [6.07, 6.45) is 4.14. The highest BCUT2D eigenvalue weighted by Crippen LogP contribution is 2.19. The molecule has 0 amide bonds. The lowest BCUT2D eigenvalue weighted by Crippen LogP contribution is -2.54. The zero-order valence-corrected chi connectivity index (χ0v) is 14.1. The van der Waals surface area contributed by atoms with Crippen molar-refractivity contribution < 1.29 is 0 Å². The smallest absolute Gasteiger partial charge is 0.0121 e. The molecule has 2 heterocycles. The third-order valence-electron chi connectivity index (χ3n) is 5.18. The minimum Gasteiger partial charge on any atom is -0.303 e. The summed E-state index contributed by atoms with van der Waals surface area (Å²) in [5.74, 6) is 0.844. The Hall–Kier alpha value is -0.120. The van der Waals surface area contributed by atoms with Gasteiger partial charge in [0, 0.05) is 38.3 Å².